The molecule has 0 saturated carbocycles. The van der Waals surface area contributed by atoms with Crippen LogP contribution in [0.1, 0.15) is 59.3 Å². The maximum atomic E-state index is 3.71. The molecule has 0 bridgehead atoms. The van der Waals surface area contributed by atoms with Gasteiger partial charge in [0, 0.05) is 34.6 Å². The molecule has 8 radical (unpaired) electrons. The molecule has 1 aromatic heterocycles. The Kier molecular flexibility index (Phi) is 45.3. The number of rotatable bonds is 3. The van der Waals surface area contributed by atoms with Gasteiger partial charge in [-0.3, -0.25) is 4.98 Å². The van der Waals surface area contributed by atoms with Crippen molar-refractivity contribution in [3.8, 4) is 0 Å². The van der Waals surface area contributed by atoms with Crippen LogP contribution in [0.25, 0.3) is 0 Å². The number of hydrogen-bond donors (Lipinski definition) is 0. The van der Waals surface area contributed by atoms with Crippen LogP contribution in [0.2, 0.25) is 0 Å². The van der Waals surface area contributed by atoms with Crippen LogP contribution in [0, 0.1) is 27.0 Å². The van der Waals surface area contributed by atoms with E-state index in [1.54, 1.807) is 12.3 Å². The van der Waals surface area contributed by atoms with Gasteiger partial charge < -0.3 is 0 Å². The molecule has 20 heavy (non-hydrogen) atoms. The molecule has 1 heterocycles. The van der Waals surface area contributed by atoms with Crippen LogP contribution >= 0.6 is 15.9 Å². The van der Waals surface area contributed by atoms with Crippen molar-refractivity contribution in [1.82, 2.24) is 4.98 Å². The van der Waals surface area contributed by atoms with Gasteiger partial charge in [-0.2, -0.15) is 0 Å². The summed E-state index contributed by atoms with van der Waals surface area (Å²) in [5, 5.41) is 0. The Morgan fingerprint density at radius 1 is 1.00 bits per heavy atom. The number of unbranched alkanes of at least 4 members (excludes halogenated alkanes) is 3. The zero-order valence-corrected chi connectivity index (χ0v) is 17.9. The zero-order valence-electron chi connectivity index (χ0n) is 13.4. The van der Waals surface area contributed by atoms with E-state index in [1.807, 2.05) is 6.07 Å². The Balaban J connectivity index is -0.0000000881. The van der Waals surface area contributed by atoms with E-state index < -0.39 is 0 Å². The van der Waals surface area contributed by atoms with Crippen molar-refractivity contribution in [2.75, 3.05) is 0 Å². The number of aromatic nitrogens is 1. The molecule has 114 valence electrons. The van der Waals surface area contributed by atoms with Crippen LogP contribution in [-0.2, 0) is 0 Å². The first kappa shape index (κ1) is 28.6. The van der Waals surface area contributed by atoms with Gasteiger partial charge >= 0.3 is 0 Å². The van der Waals surface area contributed by atoms with Crippen LogP contribution in [0.5, 0.6) is 0 Å². The first-order valence-electron chi connectivity index (χ1n) is 6.99. The molecule has 0 atom stereocenters. The molecule has 0 saturated heterocycles. The Labute approximate surface area is 153 Å². The number of halogens is 1. The summed E-state index contributed by atoms with van der Waals surface area (Å²) in [5.41, 5.74) is 0. The monoisotopic (exact) mass is 447 g/mol. The van der Waals surface area contributed by atoms with E-state index in [0.717, 1.165) is 23.7 Å². The largest absolute Gasteiger partial charge is 0.253 e. The fourth-order valence-corrected chi connectivity index (χ4v) is 0.536. The quantitative estimate of drug-likeness (QED) is 0.509. The molecule has 0 N–H and O–H groups in total. The summed E-state index contributed by atoms with van der Waals surface area (Å²) in [6.07, 6.45) is 11.2. The van der Waals surface area contributed by atoms with Gasteiger partial charge in [-0.1, -0.05) is 80.1 Å². The van der Waals surface area contributed by atoms with E-state index in [4.69, 9.17) is 0 Å². The van der Waals surface area contributed by atoms with E-state index >= 15 is 0 Å². The first-order valence-corrected chi connectivity index (χ1v) is 7.78. The summed E-state index contributed by atoms with van der Waals surface area (Å²) in [4.78, 5) is 3.71. The fourth-order valence-electron chi connectivity index (χ4n) is 0.302. The van der Waals surface area contributed by atoms with Gasteiger partial charge in [0.15, 0.2) is 0 Å². The first-order chi connectivity index (χ1) is 9.14. The number of hydrogen-bond acceptors (Lipinski definition) is 1. The van der Waals surface area contributed by atoms with Crippen LogP contribution < -0.4 is 0 Å². The van der Waals surface area contributed by atoms with Crippen molar-refractivity contribution in [3.63, 3.8) is 0 Å². The van der Waals surface area contributed by atoms with Crippen molar-refractivity contribution in [3.05, 3.63) is 49.8 Å². The molecule has 0 spiro atoms. The van der Waals surface area contributed by atoms with Crippen molar-refractivity contribution in [1.29, 1.82) is 0 Å². The summed E-state index contributed by atoms with van der Waals surface area (Å²) >= 11 is 3.23. The van der Waals surface area contributed by atoms with E-state index in [0.29, 0.717) is 0 Å². The Morgan fingerprint density at radius 3 is 1.45 bits per heavy atom. The summed E-state index contributed by atoms with van der Waals surface area (Å²) < 4.78 is 0.992. The molecule has 0 aliphatic carbocycles. The van der Waals surface area contributed by atoms with Crippen LogP contribution in [0.3, 0.4) is 0 Å². The minimum absolute atomic E-state index is 0. The second-order valence-electron chi connectivity index (χ2n) is 3.67. The van der Waals surface area contributed by atoms with Crippen molar-refractivity contribution in [2.45, 2.75) is 59.3 Å². The van der Waals surface area contributed by atoms with Crippen molar-refractivity contribution in [2.24, 2.45) is 0 Å². The smallest absolute Gasteiger partial charge is 0.0886 e. The second-order valence-corrected chi connectivity index (χ2v) is 4.58. The van der Waals surface area contributed by atoms with Gasteiger partial charge in [0.25, 0.3) is 0 Å². The fraction of sp³-hybridized carbons (Fsp3) is 0.529. The maximum Gasteiger partial charge on any atom is 0.0886 e. The standard InChI is InChI=1S/C5H3BrN.3C4H9.Sn/c6-5-2-1-3-7-4-5;3*1-3-4-2;/h1-2,4H;3*1,3-4H2,2H3;. The maximum absolute atomic E-state index is 3.71. The van der Waals surface area contributed by atoms with Crippen LogP contribution in [0.4, 0.5) is 0 Å². The Hall–Kier alpha value is 0.429. The molecular weight excluding hydrogens is 417 g/mol. The summed E-state index contributed by atoms with van der Waals surface area (Å²) in [6.45, 7) is 17.2. The van der Waals surface area contributed by atoms with Crippen molar-refractivity contribution < 1.29 is 0 Å². The van der Waals surface area contributed by atoms with Crippen molar-refractivity contribution >= 4 is 39.8 Å². The van der Waals surface area contributed by atoms with Gasteiger partial charge in [-0.25, -0.2) is 0 Å². The van der Waals surface area contributed by atoms with E-state index in [2.05, 4.69) is 68.7 Å². The molecular formula is C17H30BrNSn. The van der Waals surface area contributed by atoms with Gasteiger partial charge in [0.05, 0.1) is 6.20 Å². The third-order valence-electron chi connectivity index (χ3n) is 1.64. The van der Waals surface area contributed by atoms with E-state index in [9.17, 15) is 0 Å². The predicted octanol–water partition coefficient (Wildman–Crippen LogP) is 6.13. The third kappa shape index (κ3) is 42.9. The van der Waals surface area contributed by atoms with Crippen LogP contribution in [0.15, 0.2) is 22.8 Å². The molecule has 0 aliphatic heterocycles. The number of pyridine rings is 1. The zero-order chi connectivity index (χ0) is 15.4. The van der Waals surface area contributed by atoms with Gasteiger partial charge in [-0.15, -0.1) is 0 Å². The molecule has 0 aliphatic rings. The summed E-state index contributed by atoms with van der Waals surface area (Å²) in [7, 11) is 0. The molecule has 0 aromatic carbocycles. The minimum atomic E-state index is 0. The molecule has 0 unspecified atom stereocenters. The number of nitrogens with zero attached hydrogens (tertiary/aromatic N) is 1. The average molecular weight is 447 g/mol. The van der Waals surface area contributed by atoms with Gasteiger partial charge in [0.1, 0.15) is 0 Å². The summed E-state index contributed by atoms with van der Waals surface area (Å²) in [6, 6.07) is 3.64. The summed E-state index contributed by atoms with van der Waals surface area (Å²) in [5.74, 6) is 0. The SMILES string of the molecule is Brc1cc[c]nc1.[CH2]CCC.[CH2]CCC.[CH2]CCC.[Sn]. The third-order valence-corrected chi connectivity index (χ3v) is 2.11. The minimum Gasteiger partial charge on any atom is -0.253 e. The molecule has 0 fully saturated rings. The molecule has 1 nitrogen and oxygen atoms in total. The Morgan fingerprint density at radius 2 is 1.35 bits per heavy atom. The van der Waals surface area contributed by atoms with E-state index in [-0.39, 0.29) is 23.9 Å². The van der Waals surface area contributed by atoms with Gasteiger partial charge in [-0.05, 0) is 28.1 Å². The predicted molar refractivity (Wildman–Crippen MR) is 97.3 cm³/mol. The normalized spacial score (nSPS) is 7.55. The molecule has 1 rings (SSSR count). The average Bonchev–Trinajstić information content (AvgIpc) is 2.48. The molecule has 3 heteroatoms. The second kappa shape index (κ2) is 31.7. The van der Waals surface area contributed by atoms with Crippen LogP contribution in [-0.4, -0.2) is 28.9 Å². The Bertz CT molecular complexity index is 202. The van der Waals surface area contributed by atoms with Gasteiger partial charge in [0.2, 0.25) is 0 Å². The molecule has 0 amide bonds. The molecule has 1 aromatic rings. The topological polar surface area (TPSA) is 12.9 Å². The van der Waals surface area contributed by atoms with E-state index in [1.165, 1.54) is 19.3 Å².